The van der Waals surface area contributed by atoms with Gasteiger partial charge in [-0.25, -0.2) is 0 Å². The zero-order chi connectivity index (χ0) is 18.6. The van der Waals surface area contributed by atoms with Crippen LogP contribution in [0.25, 0.3) is 0 Å². The number of ether oxygens (including phenoxy) is 4. The van der Waals surface area contributed by atoms with Crippen LogP contribution in [0.5, 0.6) is 5.75 Å². The van der Waals surface area contributed by atoms with Crippen molar-refractivity contribution in [1.82, 2.24) is 0 Å². The van der Waals surface area contributed by atoms with E-state index < -0.39 is 12.1 Å². The first-order valence-corrected chi connectivity index (χ1v) is 8.16. The molecule has 2 aliphatic rings. The Morgan fingerprint density at radius 3 is 2.62 bits per heavy atom. The molecule has 26 heavy (non-hydrogen) atoms. The number of nitrogens with zero attached hydrogens (tertiary/aromatic N) is 1. The Morgan fingerprint density at radius 2 is 1.96 bits per heavy atom. The van der Waals surface area contributed by atoms with E-state index in [1.807, 2.05) is 0 Å². The van der Waals surface area contributed by atoms with Gasteiger partial charge in [-0.3, -0.25) is 4.99 Å². The van der Waals surface area contributed by atoms with Crippen molar-refractivity contribution in [1.29, 1.82) is 0 Å². The predicted molar refractivity (Wildman–Crippen MR) is 86.8 cm³/mol. The van der Waals surface area contributed by atoms with Gasteiger partial charge in [0.05, 0.1) is 26.4 Å². The number of rotatable bonds is 4. The van der Waals surface area contributed by atoms with Crippen LogP contribution in [-0.4, -0.2) is 50.6 Å². The van der Waals surface area contributed by atoms with Crippen molar-refractivity contribution in [3.63, 3.8) is 0 Å². The molecule has 1 aromatic rings. The average molecular weight is 375 g/mol. The van der Waals surface area contributed by atoms with Gasteiger partial charge >= 0.3 is 6.36 Å². The third kappa shape index (κ3) is 5.23. The lowest BCUT2D eigenvalue weighted by molar-refractivity contribution is -0.274. The summed E-state index contributed by atoms with van der Waals surface area (Å²) in [7, 11) is 0. The van der Waals surface area contributed by atoms with Crippen LogP contribution in [0, 0.1) is 0 Å². The van der Waals surface area contributed by atoms with Crippen LogP contribution in [-0.2, 0) is 14.2 Å². The summed E-state index contributed by atoms with van der Waals surface area (Å²) >= 11 is 0. The largest absolute Gasteiger partial charge is 0.573 e. The summed E-state index contributed by atoms with van der Waals surface area (Å²) in [5, 5.41) is 2.80. The number of hydrogen-bond acceptors (Lipinski definition) is 5. The maximum absolute atomic E-state index is 12.1. The molecule has 3 N–H and O–H groups in total. The SMILES string of the molecule is NC(=NCC1COC2(CCOCC2)O1)Nc1ccc(OC(F)(F)F)cc1. The molecule has 10 heteroatoms. The lowest BCUT2D eigenvalue weighted by Crippen LogP contribution is -2.38. The number of anilines is 1. The molecule has 1 atom stereocenters. The molecule has 0 aromatic heterocycles. The molecule has 1 unspecified atom stereocenters. The van der Waals surface area contributed by atoms with E-state index in [1.165, 1.54) is 24.3 Å². The monoisotopic (exact) mass is 375 g/mol. The fourth-order valence-corrected chi connectivity index (χ4v) is 2.78. The van der Waals surface area contributed by atoms with Crippen molar-refractivity contribution < 1.29 is 32.1 Å². The average Bonchev–Trinajstić information content (AvgIpc) is 2.97. The summed E-state index contributed by atoms with van der Waals surface area (Å²) in [5.74, 6) is -0.752. The lowest BCUT2D eigenvalue weighted by Gasteiger charge is -2.31. The summed E-state index contributed by atoms with van der Waals surface area (Å²) in [6, 6.07) is 5.20. The van der Waals surface area contributed by atoms with Gasteiger partial charge in [0.25, 0.3) is 0 Å². The van der Waals surface area contributed by atoms with E-state index >= 15 is 0 Å². The molecule has 2 saturated heterocycles. The molecule has 0 saturated carbocycles. The smallest absolute Gasteiger partial charge is 0.406 e. The van der Waals surface area contributed by atoms with Crippen LogP contribution in [0.1, 0.15) is 12.8 Å². The van der Waals surface area contributed by atoms with Crippen molar-refractivity contribution >= 4 is 11.6 Å². The van der Waals surface area contributed by atoms with Crippen LogP contribution >= 0.6 is 0 Å². The summed E-state index contributed by atoms with van der Waals surface area (Å²) in [6.45, 7) is 1.96. The highest BCUT2D eigenvalue weighted by atomic mass is 19.4. The number of alkyl halides is 3. The highest BCUT2D eigenvalue weighted by molar-refractivity contribution is 5.92. The van der Waals surface area contributed by atoms with Crippen LogP contribution < -0.4 is 15.8 Å². The Morgan fingerprint density at radius 1 is 1.27 bits per heavy atom. The molecule has 2 fully saturated rings. The maximum atomic E-state index is 12.1. The summed E-state index contributed by atoms with van der Waals surface area (Å²) in [6.07, 6.45) is -3.54. The second-order valence-corrected chi connectivity index (χ2v) is 6.00. The van der Waals surface area contributed by atoms with E-state index in [2.05, 4.69) is 15.0 Å². The summed E-state index contributed by atoms with van der Waals surface area (Å²) < 4.78 is 57.2. The van der Waals surface area contributed by atoms with Gasteiger partial charge in [0.2, 0.25) is 0 Å². The minimum Gasteiger partial charge on any atom is -0.406 e. The van der Waals surface area contributed by atoms with Crippen LogP contribution in [0.4, 0.5) is 18.9 Å². The number of hydrogen-bond donors (Lipinski definition) is 2. The number of guanidine groups is 1. The number of aliphatic imine (C=N–C) groups is 1. The van der Waals surface area contributed by atoms with Gasteiger partial charge in [-0.1, -0.05) is 0 Å². The fraction of sp³-hybridized carbons (Fsp3) is 0.562. The predicted octanol–water partition coefficient (Wildman–Crippen LogP) is 2.23. The minimum absolute atomic E-state index is 0.131. The summed E-state index contributed by atoms with van der Waals surface area (Å²) in [5.41, 5.74) is 6.30. The van der Waals surface area contributed by atoms with Gasteiger partial charge in [0.1, 0.15) is 11.9 Å². The van der Waals surface area contributed by atoms with Crippen molar-refractivity contribution in [2.75, 3.05) is 31.7 Å². The molecule has 2 heterocycles. The molecule has 3 rings (SSSR count). The van der Waals surface area contributed by atoms with E-state index in [4.69, 9.17) is 19.9 Å². The van der Waals surface area contributed by atoms with Crippen molar-refractivity contribution in [2.24, 2.45) is 10.7 Å². The Bertz CT molecular complexity index is 631. The second kappa shape index (κ2) is 7.68. The minimum atomic E-state index is -4.72. The molecular weight excluding hydrogens is 355 g/mol. The van der Waals surface area contributed by atoms with E-state index in [-0.39, 0.29) is 17.8 Å². The topological polar surface area (TPSA) is 87.3 Å². The molecule has 7 nitrogen and oxygen atoms in total. The first-order valence-electron chi connectivity index (χ1n) is 8.16. The molecule has 0 bridgehead atoms. The van der Waals surface area contributed by atoms with Gasteiger partial charge in [-0.2, -0.15) is 0 Å². The van der Waals surface area contributed by atoms with E-state index in [0.717, 1.165) is 0 Å². The number of benzene rings is 1. The maximum Gasteiger partial charge on any atom is 0.573 e. The second-order valence-electron chi connectivity index (χ2n) is 6.00. The van der Waals surface area contributed by atoms with Crippen LogP contribution in [0.15, 0.2) is 29.3 Å². The third-order valence-corrected chi connectivity index (χ3v) is 3.99. The quantitative estimate of drug-likeness (QED) is 0.620. The van der Waals surface area contributed by atoms with Gasteiger partial charge < -0.3 is 30.0 Å². The fourth-order valence-electron chi connectivity index (χ4n) is 2.78. The molecule has 144 valence electrons. The van der Waals surface area contributed by atoms with Crippen molar-refractivity contribution in [3.05, 3.63) is 24.3 Å². The first kappa shape index (κ1) is 18.7. The molecule has 0 amide bonds. The Labute approximate surface area is 148 Å². The lowest BCUT2D eigenvalue weighted by atomic mass is 10.1. The van der Waals surface area contributed by atoms with Gasteiger partial charge in [0.15, 0.2) is 11.7 Å². The van der Waals surface area contributed by atoms with E-state index in [9.17, 15) is 13.2 Å². The molecule has 2 aliphatic heterocycles. The Balaban J connectivity index is 1.48. The van der Waals surface area contributed by atoms with Gasteiger partial charge in [-0.05, 0) is 24.3 Å². The highest BCUT2D eigenvalue weighted by Crippen LogP contribution is 2.33. The van der Waals surface area contributed by atoms with Crippen molar-refractivity contribution in [3.8, 4) is 5.75 Å². The number of nitrogens with one attached hydrogen (secondary N) is 1. The molecule has 0 radical (unpaired) electrons. The summed E-state index contributed by atoms with van der Waals surface area (Å²) in [4.78, 5) is 4.20. The molecule has 1 spiro atoms. The van der Waals surface area contributed by atoms with Crippen LogP contribution in [0.3, 0.4) is 0 Å². The first-order chi connectivity index (χ1) is 12.3. The van der Waals surface area contributed by atoms with Gasteiger partial charge in [-0.15, -0.1) is 13.2 Å². The standard InChI is InChI=1S/C16H20F3N3O4/c17-16(18,19)26-12-3-1-11(2-4-12)22-14(20)21-9-13-10-24-15(25-13)5-7-23-8-6-15/h1-4,13H,5-10H2,(H3,20,21,22). The Hall–Kier alpha value is -2.04. The normalized spacial score (nSPS) is 23.2. The number of nitrogens with two attached hydrogens (primary N) is 1. The van der Waals surface area contributed by atoms with Crippen LogP contribution in [0.2, 0.25) is 0 Å². The molecular formula is C16H20F3N3O4. The Kier molecular flexibility index (Phi) is 5.54. The zero-order valence-corrected chi connectivity index (χ0v) is 13.9. The number of halogens is 3. The highest BCUT2D eigenvalue weighted by Gasteiger charge is 2.42. The van der Waals surface area contributed by atoms with E-state index in [0.29, 0.717) is 44.9 Å². The molecule has 0 aliphatic carbocycles. The van der Waals surface area contributed by atoms with E-state index in [1.54, 1.807) is 0 Å². The zero-order valence-electron chi connectivity index (χ0n) is 13.9. The van der Waals surface area contributed by atoms with Crippen molar-refractivity contribution in [2.45, 2.75) is 31.1 Å². The molecule has 1 aromatic carbocycles. The third-order valence-electron chi connectivity index (χ3n) is 3.99. The van der Waals surface area contributed by atoms with Gasteiger partial charge in [0, 0.05) is 18.5 Å².